The first-order chi connectivity index (χ1) is 9.03. The van der Waals surface area contributed by atoms with Crippen LogP contribution in [0.1, 0.15) is 38.7 Å². The topological polar surface area (TPSA) is 29.3 Å². The van der Waals surface area contributed by atoms with E-state index >= 15 is 0 Å². The van der Waals surface area contributed by atoms with Gasteiger partial charge in [0.1, 0.15) is 5.82 Å². The lowest BCUT2D eigenvalue weighted by atomic mass is 9.90. The van der Waals surface area contributed by atoms with Crippen LogP contribution in [0.3, 0.4) is 0 Å². The smallest absolute Gasteiger partial charge is 0.126 e. The van der Waals surface area contributed by atoms with E-state index in [2.05, 4.69) is 25.8 Å². The molecule has 0 aliphatic heterocycles. The molecule has 0 aliphatic carbocycles. The molecule has 1 unspecified atom stereocenters. The number of hydrogen-bond donors (Lipinski definition) is 1. The van der Waals surface area contributed by atoms with E-state index in [0.29, 0.717) is 13.0 Å². The maximum atomic E-state index is 13.8. The summed E-state index contributed by atoms with van der Waals surface area (Å²) in [5, 5.41) is 0. The number of nitrogens with two attached hydrogens (primary N) is 1. The summed E-state index contributed by atoms with van der Waals surface area (Å²) in [6.45, 7) is 5.85. The van der Waals surface area contributed by atoms with Crippen molar-refractivity contribution in [1.29, 1.82) is 0 Å². The average molecular weight is 266 g/mol. The summed E-state index contributed by atoms with van der Waals surface area (Å²) in [5.41, 5.74) is 6.51. The first-order valence-electron chi connectivity index (χ1n) is 7.18. The molecule has 19 heavy (non-hydrogen) atoms. The summed E-state index contributed by atoms with van der Waals surface area (Å²) >= 11 is 0. The highest BCUT2D eigenvalue weighted by Crippen LogP contribution is 2.21. The van der Waals surface area contributed by atoms with Gasteiger partial charge in [-0.05, 0) is 45.0 Å². The summed E-state index contributed by atoms with van der Waals surface area (Å²) in [5.74, 6) is -0.135. The second kappa shape index (κ2) is 7.61. The van der Waals surface area contributed by atoms with Crippen molar-refractivity contribution in [3.05, 3.63) is 35.6 Å². The molecule has 0 radical (unpaired) electrons. The van der Waals surface area contributed by atoms with Crippen molar-refractivity contribution in [3.8, 4) is 0 Å². The van der Waals surface area contributed by atoms with Gasteiger partial charge >= 0.3 is 0 Å². The molecule has 108 valence electrons. The highest BCUT2D eigenvalue weighted by Gasteiger charge is 2.28. The van der Waals surface area contributed by atoms with Gasteiger partial charge in [0.25, 0.3) is 0 Å². The lowest BCUT2D eigenvalue weighted by Gasteiger charge is -2.38. The van der Waals surface area contributed by atoms with Gasteiger partial charge in [-0.1, -0.05) is 38.0 Å². The van der Waals surface area contributed by atoms with Gasteiger partial charge < -0.3 is 5.73 Å². The molecular formula is C16H27FN2. The molecular weight excluding hydrogens is 239 g/mol. The van der Waals surface area contributed by atoms with Crippen LogP contribution in [0.25, 0.3) is 0 Å². The zero-order valence-electron chi connectivity index (χ0n) is 12.5. The molecule has 1 atom stereocenters. The molecule has 1 aromatic carbocycles. The van der Waals surface area contributed by atoms with Crippen LogP contribution < -0.4 is 5.73 Å². The van der Waals surface area contributed by atoms with E-state index < -0.39 is 0 Å². The normalized spacial score (nSPS) is 14.6. The van der Waals surface area contributed by atoms with Crippen LogP contribution in [0.5, 0.6) is 0 Å². The van der Waals surface area contributed by atoms with E-state index in [-0.39, 0.29) is 11.4 Å². The van der Waals surface area contributed by atoms with Gasteiger partial charge in [-0.2, -0.15) is 0 Å². The van der Waals surface area contributed by atoms with Gasteiger partial charge in [-0.3, -0.25) is 4.90 Å². The Morgan fingerprint density at radius 1 is 1.26 bits per heavy atom. The quantitative estimate of drug-likeness (QED) is 0.732. The predicted octanol–water partition coefficient (Wildman–Crippen LogP) is 3.21. The minimum absolute atomic E-state index is 0.135. The van der Waals surface area contributed by atoms with Gasteiger partial charge in [0.2, 0.25) is 0 Å². The molecule has 1 aromatic rings. The number of unbranched alkanes of at least 4 members (excludes halogenated alkanes) is 2. The first kappa shape index (κ1) is 16.1. The van der Waals surface area contributed by atoms with Gasteiger partial charge in [-0.15, -0.1) is 0 Å². The molecule has 0 spiro atoms. The molecule has 0 saturated heterocycles. The second-order valence-electron chi connectivity index (χ2n) is 5.60. The Morgan fingerprint density at radius 3 is 2.53 bits per heavy atom. The highest BCUT2D eigenvalue weighted by atomic mass is 19.1. The Bertz CT molecular complexity index is 381. The minimum Gasteiger partial charge on any atom is -0.329 e. The van der Waals surface area contributed by atoms with Gasteiger partial charge in [0.05, 0.1) is 0 Å². The molecule has 0 saturated carbocycles. The molecule has 0 fully saturated rings. The third kappa shape index (κ3) is 4.59. The largest absolute Gasteiger partial charge is 0.329 e. The van der Waals surface area contributed by atoms with E-state index in [0.717, 1.165) is 12.1 Å². The summed E-state index contributed by atoms with van der Waals surface area (Å²) < 4.78 is 13.8. The Morgan fingerprint density at radius 2 is 1.95 bits per heavy atom. The van der Waals surface area contributed by atoms with Crippen LogP contribution in [0.15, 0.2) is 24.3 Å². The Labute approximate surface area is 116 Å². The highest BCUT2D eigenvalue weighted by molar-refractivity contribution is 5.20. The summed E-state index contributed by atoms with van der Waals surface area (Å²) in [4.78, 5) is 2.27. The molecule has 2 N–H and O–H groups in total. The van der Waals surface area contributed by atoms with E-state index in [1.807, 2.05) is 12.1 Å². The van der Waals surface area contributed by atoms with Crippen LogP contribution in [-0.2, 0) is 6.42 Å². The number of rotatable bonds is 8. The Kier molecular flexibility index (Phi) is 6.46. The van der Waals surface area contributed by atoms with Crippen LogP contribution in [0.2, 0.25) is 0 Å². The number of hydrogen-bond acceptors (Lipinski definition) is 2. The molecule has 2 nitrogen and oxygen atoms in total. The van der Waals surface area contributed by atoms with Crippen molar-refractivity contribution in [1.82, 2.24) is 4.90 Å². The van der Waals surface area contributed by atoms with Gasteiger partial charge in [-0.25, -0.2) is 4.39 Å². The molecule has 0 heterocycles. The van der Waals surface area contributed by atoms with Crippen molar-refractivity contribution in [2.45, 2.75) is 45.1 Å². The average Bonchev–Trinajstić information content (AvgIpc) is 2.41. The number of nitrogens with zero attached hydrogens (tertiary/aromatic N) is 1. The molecule has 0 aliphatic rings. The summed E-state index contributed by atoms with van der Waals surface area (Å²) in [7, 11) is 2.09. The van der Waals surface area contributed by atoms with Crippen molar-refractivity contribution >= 4 is 0 Å². The fourth-order valence-corrected chi connectivity index (χ4v) is 2.28. The molecule has 0 bridgehead atoms. The molecule has 3 heteroatoms. The maximum Gasteiger partial charge on any atom is 0.126 e. The van der Waals surface area contributed by atoms with E-state index in [4.69, 9.17) is 5.73 Å². The van der Waals surface area contributed by atoms with Crippen LogP contribution in [0, 0.1) is 5.82 Å². The lowest BCUT2D eigenvalue weighted by molar-refractivity contribution is 0.140. The van der Waals surface area contributed by atoms with E-state index in [9.17, 15) is 4.39 Å². The maximum absolute atomic E-state index is 13.8. The van der Waals surface area contributed by atoms with Crippen molar-refractivity contribution in [3.63, 3.8) is 0 Å². The van der Waals surface area contributed by atoms with Crippen molar-refractivity contribution < 1.29 is 4.39 Å². The van der Waals surface area contributed by atoms with Crippen molar-refractivity contribution in [2.24, 2.45) is 5.73 Å². The standard InChI is InChI=1S/C16H27FN2/c1-4-5-8-11-19(3)16(2,13-18)12-14-9-6-7-10-15(14)17/h6-7,9-10H,4-5,8,11-13,18H2,1-3H3. The zero-order chi connectivity index (χ0) is 14.3. The Balaban J connectivity index is 2.71. The zero-order valence-corrected chi connectivity index (χ0v) is 12.5. The fourth-order valence-electron chi connectivity index (χ4n) is 2.28. The van der Waals surface area contributed by atoms with E-state index in [1.165, 1.54) is 25.3 Å². The van der Waals surface area contributed by atoms with Crippen molar-refractivity contribution in [2.75, 3.05) is 20.1 Å². The SMILES string of the molecule is CCCCCN(C)C(C)(CN)Cc1ccccc1F. The predicted molar refractivity (Wildman–Crippen MR) is 79.7 cm³/mol. The second-order valence-corrected chi connectivity index (χ2v) is 5.60. The Hall–Kier alpha value is -0.930. The van der Waals surface area contributed by atoms with Crippen LogP contribution in [-0.4, -0.2) is 30.6 Å². The van der Waals surface area contributed by atoms with E-state index in [1.54, 1.807) is 6.07 Å². The third-order valence-electron chi connectivity index (χ3n) is 3.99. The monoisotopic (exact) mass is 266 g/mol. The lowest BCUT2D eigenvalue weighted by Crippen LogP contribution is -2.51. The number of benzene rings is 1. The van der Waals surface area contributed by atoms with Gasteiger partial charge in [0.15, 0.2) is 0 Å². The third-order valence-corrected chi connectivity index (χ3v) is 3.99. The molecule has 0 amide bonds. The van der Waals surface area contributed by atoms with Gasteiger partial charge in [0, 0.05) is 12.1 Å². The minimum atomic E-state index is -0.185. The number of likely N-dealkylation sites (N-methyl/N-ethyl adjacent to an activating group) is 1. The summed E-state index contributed by atoms with van der Waals surface area (Å²) in [6.07, 6.45) is 4.25. The molecule has 0 aromatic heterocycles. The van der Waals surface area contributed by atoms with Crippen LogP contribution in [0.4, 0.5) is 4.39 Å². The van der Waals surface area contributed by atoms with Crippen LogP contribution >= 0.6 is 0 Å². The number of halogens is 1. The first-order valence-corrected chi connectivity index (χ1v) is 7.18. The fraction of sp³-hybridized carbons (Fsp3) is 0.625. The molecule has 1 rings (SSSR count). The summed E-state index contributed by atoms with van der Waals surface area (Å²) in [6, 6.07) is 6.97.